The van der Waals surface area contributed by atoms with Crippen molar-refractivity contribution in [3.63, 3.8) is 0 Å². The molecular weight excluding hydrogens is 454 g/mol. The predicted octanol–water partition coefficient (Wildman–Crippen LogP) is 5.14. The molecule has 0 aliphatic carbocycles. The molecule has 36 heavy (non-hydrogen) atoms. The van der Waals surface area contributed by atoms with E-state index in [1.807, 2.05) is 82.3 Å². The minimum atomic E-state index is -0.845. The van der Waals surface area contributed by atoms with Crippen molar-refractivity contribution in [3.8, 4) is 0 Å². The van der Waals surface area contributed by atoms with Gasteiger partial charge in [0.25, 0.3) is 0 Å². The molecule has 2 rings (SSSR count). The van der Waals surface area contributed by atoms with Gasteiger partial charge in [-0.15, -0.1) is 0 Å². The summed E-state index contributed by atoms with van der Waals surface area (Å²) in [6, 6.07) is 15.5. The van der Waals surface area contributed by atoms with Gasteiger partial charge in [0.05, 0.1) is 0 Å². The van der Waals surface area contributed by atoms with Crippen molar-refractivity contribution in [2.75, 3.05) is 6.54 Å². The molecular formula is C29H41N3O4. The van der Waals surface area contributed by atoms with Crippen LogP contribution in [0.4, 0.5) is 4.79 Å². The van der Waals surface area contributed by atoms with E-state index < -0.39 is 23.8 Å². The second-order valence-corrected chi connectivity index (χ2v) is 10.4. The molecule has 0 saturated carbocycles. The maximum Gasteiger partial charge on any atom is 0.408 e. The Hall–Kier alpha value is -3.35. The van der Waals surface area contributed by atoms with E-state index in [0.717, 1.165) is 16.7 Å². The molecule has 0 radical (unpaired) electrons. The van der Waals surface area contributed by atoms with Crippen LogP contribution in [0.3, 0.4) is 0 Å². The highest BCUT2D eigenvalue weighted by atomic mass is 16.6. The van der Waals surface area contributed by atoms with Gasteiger partial charge in [0.2, 0.25) is 11.8 Å². The minimum Gasteiger partial charge on any atom is -0.444 e. The van der Waals surface area contributed by atoms with Crippen LogP contribution < -0.4 is 10.6 Å². The van der Waals surface area contributed by atoms with Crippen LogP contribution in [0.1, 0.15) is 70.7 Å². The fraction of sp³-hybridized carbons (Fsp3) is 0.483. The maximum absolute atomic E-state index is 13.9. The first kappa shape index (κ1) is 28.9. The Labute approximate surface area is 215 Å². The van der Waals surface area contributed by atoms with Crippen molar-refractivity contribution in [1.29, 1.82) is 0 Å². The number of benzene rings is 2. The van der Waals surface area contributed by atoms with E-state index in [0.29, 0.717) is 19.5 Å². The predicted molar refractivity (Wildman–Crippen MR) is 142 cm³/mol. The summed E-state index contributed by atoms with van der Waals surface area (Å²) >= 11 is 0. The van der Waals surface area contributed by atoms with E-state index in [1.54, 1.807) is 25.7 Å². The molecule has 0 spiro atoms. The first-order valence-electron chi connectivity index (χ1n) is 12.6. The van der Waals surface area contributed by atoms with Crippen LogP contribution in [0.15, 0.2) is 54.6 Å². The number of amides is 3. The highest BCUT2D eigenvalue weighted by Crippen LogP contribution is 2.26. The van der Waals surface area contributed by atoms with E-state index in [2.05, 4.69) is 10.6 Å². The van der Waals surface area contributed by atoms with Gasteiger partial charge >= 0.3 is 6.09 Å². The molecule has 0 bridgehead atoms. The van der Waals surface area contributed by atoms with Crippen LogP contribution in [-0.2, 0) is 20.9 Å². The molecule has 2 aromatic carbocycles. The van der Waals surface area contributed by atoms with Gasteiger partial charge in [0.1, 0.15) is 17.7 Å². The Balaban J connectivity index is 2.38. The molecule has 0 fully saturated rings. The SMILES string of the molecule is CCN(C(=O)C(CC(C)C)NC(=O)OC(C)(C)C)C(C(=O)NCc1ccccc1)c1ccccc1C. The molecule has 196 valence electrons. The number of hydrogen-bond donors (Lipinski definition) is 2. The molecule has 2 atom stereocenters. The number of aryl methyl sites for hydroxylation is 1. The van der Waals surface area contributed by atoms with Crippen LogP contribution in [0.2, 0.25) is 0 Å². The summed E-state index contributed by atoms with van der Waals surface area (Å²) in [4.78, 5) is 41.6. The maximum atomic E-state index is 13.9. The first-order valence-corrected chi connectivity index (χ1v) is 12.6. The number of alkyl carbamates (subject to hydrolysis) is 1. The van der Waals surface area contributed by atoms with Gasteiger partial charge in [0.15, 0.2) is 0 Å². The van der Waals surface area contributed by atoms with E-state index >= 15 is 0 Å². The van der Waals surface area contributed by atoms with E-state index in [9.17, 15) is 14.4 Å². The zero-order valence-corrected chi connectivity index (χ0v) is 22.6. The van der Waals surface area contributed by atoms with Gasteiger partial charge in [-0.2, -0.15) is 0 Å². The number of ether oxygens (including phenoxy) is 1. The largest absolute Gasteiger partial charge is 0.444 e. The molecule has 0 heterocycles. The molecule has 3 amide bonds. The van der Waals surface area contributed by atoms with Crippen LogP contribution >= 0.6 is 0 Å². The van der Waals surface area contributed by atoms with Gasteiger partial charge in [0, 0.05) is 13.1 Å². The van der Waals surface area contributed by atoms with Gasteiger partial charge < -0.3 is 20.3 Å². The summed E-state index contributed by atoms with van der Waals surface area (Å²) in [6.45, 7) is 13.7. The normalized spacial score (nSPS) is 13.0. The number of rotatable bonds is 10. The number of likely N-dealkylation sites (N-methyl/N-ethyl adjacent to an activating group) is 1. The van der Waals surface area contributed by atoms with Gasteiger partial charge in [-0.3, -0.25) is 9.59 Å². The number of nitrogens with zero attached hydrogens (tertiary/aromatic N) is 1. The quantitative estimate of drug-likeness (QED) is 0.478. The molecule has 7 nitrogen and oxygen atoms in total. The third-order valence-electron chi connectivity index (χ3n) is 5.67. The molecule has 2 unspecified atom stereocenters. The molecule has 0 saturated heterocycles. The lowest BCUT2D eigenvalue weighted by molar-refractivity contribution is -0.142. The average molecular weight is 496 g/mol. The smallest absolute Gasteiger partial charge is 0.408 e. The third kappa shape index (κ3) is 8.70. The van der Waals surface area contributed by atoms with Crippen LogP contribution in [0.25, 0.3) is 0 Å². The lowest BCUT2D eigenvalue weighted by atomic mass is 9.96. The summed E-state index contributed by atoms with van der Waals surface area (Å²) in [7, 11) is 0. The molecule has 7 heteroatoms. The topological polar surface area (TPSA) is 87.7 Å². The fourth-order valence-electron chi connectivity index (χ4n) is 4.03. The minimum absolute atomic E-state index is 0.136. The molecule has 2 aromatic rings. The second kappa shape index (κ2) is 13.1. The van der Waals surface area contributed by atoms with E-state index in [-0.39, 0.29) is 17.7 Å². The monoisotopic (exact) mass is 495 g/mol. The Morgan fingerprint density at radius 1 is 0.972 bits per heavy atom. The Kier molecular flexibility index (Phi) is 10.5. The zero-order chi connectivity index (χ0) is 26.9. The summed E-state index contributed by atoms with van der Waals surface area (Å²) in [5, 5.41) is 5.75. The van der Waals surface area contributed by atoms with Crippen molar-refractivity contribution >= 4 is 17.9 Å². The standard InChI is InChI=1S/C29H41N3O4/c1-8-32(27(34)24(18-20(2)3)31-28(35)36-29(5,6)7)25(23-17-13-12-14-21(23)4)26(33)30-19-22-15-10-9-11-16-22/h9-17,20,24-25H,8,18-19H2,1-7H3,(H,30,33)(H,31,35). The summed E-state index contributed by atoms with van der Waals surface area (Å²) in [6.07, 6.45) is -0.237. The average Bonchev–Trinajstić information content (AvgIpc) is 2.80. The number of nitrogens with one attached hydrogen (secondary N) is 2. The van der Waals surface area contributed by atoms with Crippen molar-refractivity contribution in [2.24, 2.45) is 5.92 Å². The second-order valence-electron chi connectivity index (χ2n) is 10.4. The van der Waals surface area contributed by atoms with Crippen LogP contribution in [0, 0.1) is 12.8 Å². The van der Waals surface area contributed by atoms with Crippen molar-refractivity contribution < 1.29 is 19.1 Å². The van der Waals surface area contributed by atoms with Crippen molar-refractivity contribution in [3.05, 3.63) is 71.3 Å². The Morgan fingerprint density at radius 2 is 1.58 bits per heavy atom. The van der Waals surface area contributed by atoms with Gasteiger partial charge in [-0.05, 0) is 63.6 Å². The van der Waals surface area contributed by atoms with E-state index in [1.165, 1.54) is 0 Å². The zero-order valence-electron chi connectivity index (χ0n) is 22.6. The lowest BCUT2D eigenvalue weighted by Gasteiger charge is -2.34. The summed E-state index contributed by atoms with van der Waals surface area (Å²) < 4.78 is 5.41. The number of hydrogen-bond acceptors (Lipinski definition) is 4. The van der Waals surface area contributed by atoms with Crippen LogP contribution in [-0.4, -0.2) is 41.0 Å². The Morgan fingerprint density at radius 3 is 2.14 bits per heavy atom. The van der Waals surface area contributed by atoms with Crippen LogP contribution in [0.5, 0.6) is 0 Å². The lowest BCUT2D eigenvalue weighted by Crippen LogP contribution is -2.53. The van der Waals surface area contributed by atoms with Crippen molar-refractivity contribution in [1.82, 2.24) is 15.5 Å². The molecule has 0 aliphatic heterocycles. The Bertz CT molecular complexity index is 1010. The van der Waals surface area contributed by atoms with Gasteiger partial charge in [-0.25, -0.2) is 4.79 Å². The molecule has 0 aromatic heterocycles. The van der Waals surface area contributed by atoms with E-state index in [4.69, 9.17) is 4.74 Å². The van der Waals surface area contributed by atoms with Gasteiger partial charge in [-0.1, -0.05) is 68.4 Å². The molecule has 0 aliphatic rings. The highest BCUT2D eigenvalue weighted by Gasteiger charge is 2.36. The fourth-order valence-corrected chi connectivity index (χ4v) is 4.03. The first-order chi connectivity index (χ1) is 16.9. The summed E-state index contributed by atoms with van der Waals surface area (Å²) in [5.41, 5.74) is 1.93. The summed E-state index contributed by atoms with van der Waals surface area (Å²) in [5.74, 6) is -0.458. The third-order valence-corrected chi connectivity index (χ3v) is 5.67. The number of carbonyl (C=O) groups is 3. The number of carbonyl (C=O) groups excluding carboxylic acids is 3. The van der Waals surface area contributed by atoms with Crippen molar-refractivity contribution in [2.45, 2.75) is 79.1 Å². The molecule has 2 N–H and O–H groups in total. The highest BCUT2D eigenvalue weighted by molar-refractivity contribution is 5.92.